The molecule has 0 saturated carbocycles. The van der Waals surface area contributed by atoms with Gasteiger partial charge in [0.2, 0.25) is 6.29 Å². The fourth-order valence-electron chi connectivity index (χ4n) is 5.73. The summed E-state index contributed by atoms with van der Waals surface area (Å²) in [5.41, 5.74) is 3.53. The molecule has 5 aromatic carbocycles. The molecule has 52 heavy (non-hydrogen) atoms. The van der Waals surface area contributed by atoms with Gasteiger partial charge in [-0.3, -0.25) is 0 Å². The third-order valence-electron chi connectivity index (χ3n) is 8.30. The van der Waals surface area contributed by atoms with Gasteiger partial charge < -0.3 is 28.4 Å². The molecule has 0 radical (unpaired) electrons. The number of para-hydroxylation sites is 1. The normalized spacial score (nSPS) is 20.8. The van der Waals surface area contributed by atoms with Crippen LogP contribution in [0.4, 0.5) is 18.9 Å². The number of aliphatic imine (C=N–C) groups is 1. The van der Waals surface area contributed by atoms with Crippen molar-refractivity contribution in [1.29, 1.82) is 0 Å². The second-order valence-electron chi connectivity index (χ2n) is 12.2. The molecule has 10 heteroatoms. The zero-order valence-electron chi connectivity index (χ0n) is 28.4. The van der Waals surface area contributed by atoms with E-state index in [-0.39, 0.29) is 38.7 Å². The van der Waals surface area contributed by atoms with Crippen LogP contribution in [0, 0.1) is 0 Å². The monoisotopic (exact) mass is 711 g/mol. The predicted octanol–water partition coefficient (Wildman–Crippen LogP) is 8.99. The van der Waals surface area contributed by atoms with Crippen LogP contribution in [-0.4, -0.2) is 49.4 Å². The molecule has 1 aliphatic rings. The molecule has 0 aliphatic carbocycles. The average Bonchev–Trinajstić information content (AvgIpc) is 3.17. The Morgan fingerprint density at radius 3 is 1.38 bits per heavy atom. The average molecular weight is 712 g/mol. The van der Waals surface area contributed by atoms with Crippen molar-refractivity contribution in [1.82, 2.24) is 0 Å². The molecule has 1 saturated heterocycles. The van der Waals surface area contributed by atoms with E-state index < -0.39 is 42.8 Å². The zero-order valence-corrected chi connectivity index (χ0v) is 28.4. The van der Waals surface area contributed by atoms with Gasteiger partial charge in [0.05, 0.1) is 38.7 Å². The zero-order chi connectivity index (χ0) is 36.0. The second kappa shape index (κ2) is 18.6. The third-order valence-corrected chi connectivity index (χ3v) is 8.30. The van der Waals surface area contributed by atoms with Crippen LogP contribution < -0.4 is 0 Å². The number of halogens is 3. The van der Waals surface area contributed by atoms with Gasteiger partial charge in [0.1, 0.15) is 24.4 Å². The molecule has 7 nitrogen and oxygen atoms in total. The van der Waals surface area contributed by atoms with Crippen molar-refractivity contribution >= 4 is 11.6 Å². The van der Waals surface area contributed by atoms with Gasteiger partial charge in [-0.25, -0.2) is 4.99 Å². The quantitative estimate of drug-likeness (QED) is 0.0798. The first-order chi connectivity index (χ1) is 25.4. The first-order valence-electron chi connectivity index (χ1n) is 17.0. The fraction of sp³-hybridized carbons (Fsp3) is 0.262. The van der Waals surface area contributed by atoms with E-state index in [4.69, 9.17) is 28.4 Å². The largest absolute Gasteiger partial charge is 0.468 e. The summed E-state index contributed by atoms with van der Waals surface area (Å²) in [6.45, 7) is 0.538. The summed E-state index contributed by atoms with van der Waals surface area (Å²) >= 11 is 0. The van der Waals surface area contributed by atoms with E-state index in [2.05, 4.69) is 4.99 Å². The first-order valence-corrected chi connectivity index (χ1v) is 17.0. The summed E-state index contributed by atoms with van der Waals surface area (Å²) in [5, 5.41) is 0. The van der Waals surface area contributed by atoms with Crippen LogP contribution in [0.1, 0.15) is 22.3 Å². The Labute approximate surface area is 301 Å². The van der Waals surface area contributed by atoms with Gasteiger partial charge in [-0.15, -0.1) is 0 Å². The Kier molecular flexibility index (Phi) is 13.2. The maximum absolute atomic E-state index is 14.6. The van der Waals surface area contributed by atoms with E-state index >= 15 is 0 Å². The number of hydrogen-bond acceptors (Lipinski definition) is 7. The number of hydrogen-bond donors (Lipinski definition) is 0. The summed E-state index contributed by atoms with van der Waals surface area (Å²) in [5.74, 6) is -1.48. The minimum atomic E-state index is -4.95. The summed E-state index contributed by atoms with van der Waals surface area (Å²) in [7, 11) is 0. The highest BCUT2D eigenvalue weighted by molar-refractivity contribution is 5.84. The lowest BCUT2D eigenvalue weighted by molar-refractivity contribution is -0.316. The number of alkyl halides is 3. The molecule has 1 heterocycles. The van der Waals surface area contributed by atoms with Crippen molar-refractivity contribution < 1.29 is 41.6 Å². The number of rotatable bonds is 15. The lowest BCUT2D eigenvalue weighted by atomic mass is 9.97. The molecule has 0 bridgehead atoms. The lowest BCUT2D eigenvalue weighted by Crippen LogP contribution is -2.62. The molecule has 5 aromatic rings. The van der Waals surface area contributed by atoms with E-state index in [1.807, 2.05) is 121 Å². The smallest absolute Gasteiger partial charge is 0.441 e. The van der Waals surface area contributed by atoms with Gasteiger partial charge >= 0.3 is 6.18 Å². The maximum atomic E-state index is 14.6. The molecule has 5 atom stereocenters. The molecule has 0 spiro atoms. The topological polar surface area (TPSA) is 67.7 Å². The van der Waals surface area contributed by atoms with E-state index in [0.717, 1.165) is 22.3 Å². The van der Waals surface area contributed by atoms with Crippen molar-refractivity contribution in [3.63, 3.8) is 0 Å². The Balaban J connectivity index is 1.37. The molecular formula is C42H40F3NO6. The highest BCUT2D eigenvalue weighted by Crippen LogP contribution is 2.34. The Hall–Kier alpha value is -4.84. The number of nitrogens with zero attached hydrogens (tertiary/aromatic N) is 1. The predicted molar refractivity (Wildman–Crippen MR) is 190 cm³/mol. The van der Waals surface area contributed by atoms with Crippen LogP contribution in [0.3, 0.4) is 0 Å². The fourth-order valence-corrected chi connectivity index (χ4v) is 5.73. The summed E-state index contributed by atoms with van der Waals surface area (Å²) in [6, 6.07) is 45.7. The van der Waals surface area contributed by atoms with Crippen molar-refractivity contribution in [2.45, 2.75) is 63.3 Å². The van der Waals surface area contributed by atoms with E-state index in [9.17, 15) is 13.2 Å². The molecule has 0 amide bonds. The van der Waals surface area contributed by atoms with Gasteiger partial charge in [-0.1, -0.05) is 140 Å². The third kappa shape index (κ3) is 10.8. The SMILES string of the molecule is FC(F)(F)C(=Nc1ccccc1)O[C@@H]1O[C@H](COCc2ccccc2)[C@H](OCc2ccccc2)[C@H](OCc2ccccc2)[C@H]1OCc1ccccc1. The van der Waals surface area contributed by atoms with Gasteiger partial charge in [0, 0.05) is 0 Å². The van der Waals surface area contributed by atoms with Crippen molar-refractivity contribution in [2.75, 3.05) is 6.61 Å². The molecule has 1 aliphatic heterocycles. The maximum Gasteiger partial charge on any atom is 0.468 e. The van der Waals surface area contributed by atoms with Crippen LogP contribution >= 0.6 is 0 Å². The van der Waals surface area contributed by atoms with Gasteiger partial charge in [0.15, 0.2) is 0 Å². The standard InChI is InChI=1S/C42H40F3NO6/c43-42(44,45)41(46-35-24-14-5-15-25-35)52-40-39(50-29-34-22-12-4-13-23-34)38(49-28-33-20-10-3-11-21-33)37(48-27-32-18-8-2-9-19-32)36(51-40)30-47-26-31-16-6-1-7-17-31/h1-25,36-40H,26-30H2/t36-,37+,38+,39-,40+/m1/s1. The first kappa shape index (κ1) is 36.9. The molecule has 0 N–H and O–H groups in total. The van der Waals surface area contributed by atoms with Gasteiger partial charge in [-0.2, -0.15) is 13.2 Å². The minimum absolute atomic E-state index is 0.0394. The van der Waals surface area contributed by atoms with E-state index in [1.165, 1.54) is 12.1 Å². The minimum Gasteiger partial charge on any atom is -0.441 e. The summed E-state index contributed by atoms with van der Waals surface area (Å²) in [6.07, 6.45) is -10.5. The van der Waals surface area contributed by atoms with Crippen LogP contribution in [0.25, 0.3) is 0 Å². The van der Waals surface area contributed by atoms with Crippen LogP contribution in [0.2, 0.25) is 0 Å². The van der Waals surface area contributed by atoms with Gasteiger partial charge in [-0.05, 0) is 34.4 Å². The van der Waals surface area contributed by atoms with E-state index in [1.54, 1.807) is 18.2 Å². The second-order valence-corrected chi connectivity index (χ2v) is 12.2. The molecular weight excluding hydrogens is 671 g/mol. The molecule has 270 valence electrons. The molecule has 0 aromatic heterocycles. The highest BCUT2D eigenvalue weighted by Gasteiger charge is 2.52. The summed E-state index contributed by atoms with van der Waals surface area (Å²) < 4.78 is 81.8. The van der Waals surface area contributed by atoms with E-state index in [0.29, 0.717) is 0 Å². The Morgan fingerprint density at radius 1 is 0.519 bits per heavy atom. The van der Waals surface area contributed by atoms with Crippen LogP contribution in [0.5, 0.6) is 0 Å². The summed E-state index contributed by atoms with van der Waals surface area (Å²) in [4.78, 5) is 3.85. The lowest BCUT2D eigenvalue weighted by Gasteiger charge is -2.45. The van der Waals surface area contributed by atoms with Crippen molar-refractivity contribution in [3.05, 3.63) is 174 Å². The highest BCUT2D eigenvalue weighted by atomic mass is 19.4. The number of benzene rings is 5. The molecule has 0 unspecified atom stereocenters. The number of ether oxygens (including phenoxy) is 6. The molecule has 1 fully saturated rings. The Morgan fingerprint density at radius 2 is 0.923 bits per heavy atom. The van der Waals surface area contributed by atoms with Crippen LogP contribution in [-0.2, 0) is 54.8 Å². The van der Waals surface area contributed by atoms with Crippen molar-refractivity contribution in [3.8, 4) is 0 Å². The Bertz CT molecular complexity index is 1780. The molecule has 6 rings (SSSR count). The van der Waals surface area contributed by atoms with Crippen LogP contribution in [0.15, 0.2) is 157 Å². The van der Waals surface area contributed by atoms with Gasteiger partial charge in [0.25, 0.3) is 5.90 Å². The van der Waals surface area contributed by atoms with Crippen molar-refractivity contribution in [2.24, 2.45) is 4.99 Å².